The molecule has 140 valence electrons. The molecule has 0 saturated carbocycles. The molecule has 0 saturated heterocycles. The van der Waals surface area contributed by atoms with Crippen LogP contribution in [0.5, 0.6) is 0 Å². The van der Waals surface area contributed by atoms with E-state index in [0.717, 1.165) is 39.3 Å². The number of nitrogens with zero attached hydrogens (tertiary/aromatic N) is 3. The number of rotatable bonds is 3. The summed E-state index contributed by atoms with van der Waals surface area (Å²) in [5.74, 6) is 0.639. The number of hydrogen-bond donors (Lipinski definition) is 2. The van der Waals surface area contributed by atoms with Crippen LogP contribution < -0.4 is 10.6 Å². The van der Waals surface area contributed by atoms with Gasteiger partial charge in [-0.25, -0.2) is 14.8 Å². The van der Waals surface area contributed by atoms with Gasteiger partial charge in [0.2, 0.25) is 5.78 Å². The average molecular weight is 371 g/mol. The molecule has 2 heterocycles. The maximum absolute atomic E-state index is 12.5. The summed E-state index contributed by atoms with van der Waals surface area (Å²) in [6, 6.07) is 13.4. The summed E-state index contributed by atoms with van der Waals surface area (Å²) in [4.78, 5) is 21.3. The van der Waals surface area contributed by atoms with Crippen molar-refractivity contribution in [2.24, 2.45) is 0 Å². The minimum atomic E-state index is -0.274. The van der Waals surface area contributed by atoms with Gasteiger partial charge in [-0.05, 0) is 50.1 Å². The third kappa shape index (κ3) is 3.57. The van der Waals surface area contributed by atoms with Crippen LogP contribution in [0, 0.1) is 20.8 Å². The highest BCUT2D eigenvalue weighted by Gasteiger charge is 2.10. The molecule has 2 amide bonds. The highest BCUT2D eigenvalue weighted by atomic mass is 16.2. The summed E-state index contributed by atoms with van der Waals surface area (Å²) in [5, 5.41) is 5.86. The van der Waals surface area contributed by atoms with Crippen molar-refractivity contribution in [3.05, 3.63) is 77.7 Å². The number of aromatic nitrogens is 3. The van der Waals surface area contributed by atoms with Crippen LogP contribution in [0.3, 0.4) is 0 Å². The molecule has 0 radical (unpaired) electrons. The second kappa shape index (κ2) is 7.15. The quantitative estimate of drug-likeness (QED) is 0.534. The third-order valence-electron chi connectivity index (χ3n) is 4.65. The number of fused-ring (bicyclic) bond motifs is 1. The molecule has 0 unspecified atom stereocenters. The molecular weight excluding hydrogens is 350 g/mol. The van der Waals surface area contributed by atoms with Gasteiger partial charge >= 0.3 is 6.03 Å². The van der Waals surface area contributed by atoms with Crippen LogP contribution in [0.15, 0.2) is 61.1 Å². The molecule has 0 aliphatic rings. The fourth-order valence-corrected chi connectivity index (χ4v) is 3.11. The van der Waals surface area contributed by atoms with Gasteiger partial charge in [-0.2, -0.15) is 0 Å². The van der Waals surface area contributed by atoms with Crippen LogP contribution >= 0.6 is 0 Å². The molecular formula is C22H21N5O. The van der Waals surface area contributed by atoms with Crippen molar-refractivity contribution >= 4 is 23.2 Å². The molecule has 0 aliphatic heterocycles. The van der Waals surface area contributed by atoms with E-state index in [1.807, 2.05) is 80.0 Å². The molecule has 4 aromatic rings. The monoisotopic (exact) mass is 371 g/mol. The number of hydrogen-bond acceptors (Lipinski definition) is 3. The zero-order valence-electron chi connectivity index (χ0n) is 16.0. The van der Waals surface area contributed by atoms with E-state index in [9.17, 15) is 4.79 Å². The van der Waals surface area contributed by atoms with Crippen molar-refractivity contribution in [2.75, 3.05) is 10.6 Å². The molecule has 2 aromatic heterocycles. The maximum atomic E-state index is 12.5. The Kier molecular flexibility index (Phi) is 4.53. The molecule has 4 rings (SSSR count). The molecule has 2 N–H and O–H groups in total. The first-order valence-corrected chi connectivity index (χ1v) is 9.05. The molecule has 0 fully saturated rings. The van der Waals surface area contributed by atoms with Crippen LogP contribution in [0.4, 0.5) is 16.2 Å². The molecule has 0 spiro atoms. The standard InChI is InChI=1S/C22H21N5O/c1-14-5-8-18(16(3)11-14)25-22(28)26-19-12-17(7-6-15(19)2)20-13-27-10-4-9-23-21(27)24-20/h4-13H,1-3H3,(H2,25,26,28). The first kappa shape index (κ1) is 17.7. The molecule has 0 bridgehead atoms. The van der Waals surface area contributed by atoms with Crippen LogP contribution in [-0.4, -0.2) is 20.4 Å². The number of carbonyl (C=O) groups is 1. The van der Waals surface area contributed by atoms with E-state index in [1.165, 1.54) is 0 Å². The van der Waals surface area contributed by atoms with E-state index in [0.29, 0.717) is 5.78 Å². The van der Waals surface area contributed by atoms with E-state index in [2.05, 4.69) is 20.6 Å². The van der Waals surface area contributed by atoms with Gasteiger partial charge in [-0.15, -0.1) is 0 Å². The summed E-state index contributed by atoms with van der Waals surface area (Å²) < 4.78 is 1.87. The van der Waals surface area contributed by atoms with Crippen molar-refractivity contribution < 1.29 is 4.79 Å². The number of carbonyl (C=O) groups excluding carboxylic acids is 1. The predicted molar refractivity (Wildman–Crippen MR) is 112 cm³/mol. The van der Waals surface area contributed by atoms with Gasteiger partial charge in [0.05, 0.1) is 5.69 Å². The van der Waals surface area contributed by atoms with Crippen LogP contribution in [0.2, 0.25) is 0 Å². The van der Waals surface area contributed by atoms with E-state index in [-0.39, 0.29) is 6.03 Å². The van der Waals surface area contributed by atoms with E-state index >= 15 is 0 Å². The van der Waals surface area contributed by atoms with E-state index in [1.54, 1.807) is 6.20 Å². The van der Waals surface area contributed by atoms with E-state index < -0.39 is 0 Å². The second-order valence-electron chi connectivity index (χ2n) is 6.88. The van der Waals surface area contributed by atoms with Crippen LogP contribution in [0.1, 0.15) is 16.7 Å². The average Bonchev–Trinajstić information content (AvgIpc) is 3.10. The summed E-state index contributed by atoms with van der Waals surface area (Å²) in [6.45, 7) is 5.97. The summed E-state index contributed by atoms with van der Waals surface area (Å²) in [5.41, 5.74) is 6.41. The molecule has 28 heavy (non-hydrogen) atoms. The fourth-order valence-electron chi connectivity index (χ4n) is 3.11. The van der Waals surface area contributed by atoms with Crippen molar-refractivity contribution in [2.45, 2.75) is 20.8 Å². The second-order valence-corrected chi connectivity index (χ2v) is 6.88. The van der Waals surface area contributed by atoms with Gasteiger partial charge < -0.3 is 10.6 Å². The minimum absolute atomic E-state index is 0.274. The van der Waals surface area contributed by atoms with E-state index in [4.69, 9.17) is 0 Å². The lowest BCUT2D eigenvalue weighted by Crippen LogP contribution is -2.20. The van der Waals surface area contributed by atoms with Gasteiger partial charge in [-0.1, -0.05) is 29.8 Å². The normalized spacial score (nSPS) is 10.8. The van der Waals surface area contributed by atoms with Crippen molar-refractivity contribution in [3.8, 4) is 11.3 Å². The number of nitrogens with one attached hydrogen (secondary N) is 2. The Labute approximate surface area is 163 Å². The number of aryl methyl sites for hydroxylation is 3. The number of benzene rings is 2. The van der Waals surface area contributed by atoms with Crippen LogP contribution in [0.25, 0.3) is 17.0 Å². The Balaban J connectivity index is 1.57. The number of imidazole rings is 1. The molecule has 0 atom stereocenters. The Hall–Kier alpha value is -3.67. The van der Waals surface area contributed by atoms with Gasteiger partial charge in [-0.3, -0.25) is 4.40 Å². The molecule has 2 aromatic carbocycles. The smallest absolute Gasteiger partial charge is 0.307 e. The lowest BCUT2D eigenvalue weighted by Gasteiger charge is -2.13. The first-order valence-electron chi connectivity index (χ1n) is 9.05. The fraction of sp³-hybridized carbons (Fsp3) is 0.136. The highest BCUT2D eigenvalue weighted by molar-refractivity contribution is 6.01. The van der Waals surface area contributed by atoms with Gasteiger partial charge in [0.1, 0.15) is 0 Å². The topological polar surface area (TPSA) is 71.3 Å². The largest absolute Gasteiger partial charge is 0.323 e. The molecule has 0 aliphatic carbocycles. The Morgan fingerprint density at radius 1 is 0.964 bits per heavy atom. The number of anilines is 2. The Morgan fingerprint density at radius 3 is 2.57 bits per heavy atom. The number of amides is 2. The SMILES string of the molecule is Cc1ccc(NC(=O)Nc2cc(-c3cn4cccnc4n3)ccc2C)c(C)c1. The third-order valence-corrected chi connectivity index (χ3v) is 4.65. The lowest BCUT2D eigenvalue weighted by atomic mass is 10.1. The van der Waals surface area contributed by atoms with Gasteiger partial charge in [0, 0.05) is 35.5 Å². The maximum Gasteiger partial charge on any atom is 0.323 e. The predicted octanol–water partition coefficient (Wildman–Crippen LogP) is 4.97. The Bertz CT molecular complexity index is 1150. The first-order chi connectivity index (χ1) is 13.5. The van der Waals surface area contributed by atoms with Gasteiger partial charge in [0.15, 0.2) is 0 Å². The highest BCUT2D eigenvalue weighted by Crippen LogP contribution is 2.25. The summed E-state index contributed by atoms with van der Waals surface area (Å²) in [6.07, 6.45) is 5.54. The molecule has 6 nitrogen and oxygen atoms in total. The minimum Gasteiger partial charge on any atom is -0.307 e. The van der Waals surface area contributed by atoms with Crippen molar-refractivity contribution in [1.29, 1.82) is 0 Å². The zero-order chi connectivity index (χ0) is 19.7. The van der Waals surface area contributed by atoms with Crippen molar-refractivity contribution in [3.63, 3.8) is 0 Å². The van der Waals surface area contributed by atoms with Crippen molar-refractivity contribution in [1.82, 2.24) is 14.4 Å². The Morgan fingerprint density at radius 2 is 1.79 bits per heavy atom. The summed E-state index contributed by atoms with van der Waals surface area (Å²) >= 11 is 0. The lowest BCUT2D eigenvalue weighted by molar-refractivity contribution is 0.262. The zero-order valence-corrected chi connectivity index (χ0v) is 16.0. The summed E-state index contributed by atoms with van der Waals surface area (Å²) in [7, 11) is 0. The molecule has 6 heteroatoms. The number of urea groups is 1. The van der Waals surface area contributed by atoms with Gasteiger partial charge in [0.25, 0.3) is 0 Å². The van der Waals surface area contributed by atoms with Crippen LogP contribution in [-0.2, 0) is 0 Å².